The van der Waals surface area contributed by atoms with Crippen molar-refractivity contribution in [2.75, 3.05) is 19.7 Å². The molecule has 1 aromatic carbocycles. The lowest BCUT2D eigenvalue weighted by Crippen LogP contribution is -2.36. The summed E-state index contributed by atoms with van der Waals surface area (Å²) in [5.74, 6) is 0.482. The molecule has 1 atom stereocenters. The van der Waals surface area contributed by atoms with Crippen LogP contribution in [0.5, 0.6) is 0 Å². The molecule has 17 heavy (non-hydrogen) atoms. The van der Waals surface area contributed by atoms with Crippen LogP contribution < -0.4 is 0 Å². The van der Waals surface area contributed by atoms with Gasteiger partial charge in [-0.2, -0.15) is 0 Å². The molecule has 1 aliphatic rings. The molecule has 0 radical (unpaired) electrons. The quantitative estimate of drug-likeness (QED) is 0.867. The van der Waals surface area contributed by atoms with Gasteiger partial charge in [-0.05, 0) is 55.8 Å². The Labute approximate surface area is 104 Å². The minimum absolute atomic E-state index is 0.337. The molecule has 2 nitrogen and oxygen atoms in total. The highest BCUT2D eigenvalue weighted by atomic mass is 16.3. The molecule has 1 N–H and O–H groups in total. The average Bonchev–Trinajstić information content (AvgIpc) is 2.34. The number of hydrogen-bond acceptors (Lipinski definition) is 2. The molecule has 0 amide bonds. The predicted molar refractivity (Wildman–Crippen MR) is 71.0 cm³/mol. The number of rotatable bonds is 3. The highest BCUT2D eigenvalue weighted by Crippen LogP contribution is 2.19. The first-order chi connectivity index (χ1) is 8.19. The fraction of sp³-hybridized carbons (Fsp3) is 0.600. The molecule has 1 heterocycles. The summed E-state index contributed by atoms with van der Waals surface area (Å²) in [5.41, 5.74) is 4.13. The van der Waals surface area contributed by atoms with E-state index in [0.717, 1.165) is 13.1 Å². The molecule has 2 heteroatoms. The molecule has 2 rings (SSSR count). The zero-order chi connectivity index (χ0) is 12.3. The summed E-state index contributed by atoms with van der Waals surface area (Å²) in [7, 11) is 0. The van der Waals surface area contributed by atoms with Crippen molar-refractivity contribution in [2.45, 2.75) is 33.2 Å². The maximum absolute atomic E-state index is 9.23. The summed E-state index contributed by atoms with van der Waals surface area (Å²) in [4.78, 5) is 2.47. The second kappa shape index (κ2) is 5.65. The first-order valence-electron chi connectivity index (χ1n) is 6.58. The second-order valence-electron chi connectivity index (χ2n) is 5.34. The Morgan fingerprint density at radius 2 is 2.12 bits per heavy atom. The van der Waals surface area contributed by atoms with Crippen molar-refractivity contribution in [3.05, 3.63) is 34.9 Å². The number of likely N-dealkylation sites (tertiary alicyclic amines) is 1. The largest absolute Gasteiger partial charge is 0.396 e. The van der Waals surface area contributed by atoms with Crippen LogP contribution in [0.4, 0.5) is 0 Å². The normalized spacial score (nSPS) is 21.7. The van der Waals surface area contributed by atoms with Gasteiger partial charge >= 0.3 is 0 Å². The highest BCUT2D eigenvalue weighted by Gasteiger charge is 2.18. The van der Waals surface area contributed by atoms with Crippen LogP contribution in [0.2, 0.25) is 0 Å². The van der Waals surface area contributed by atoms with Crippen molar-refractivity contribution < 1.29 is 5.11 Å². The van der Waals surface area contributed by atoms with E-state index < -0.39 is 0 Å². The number of aliphatic hydroxyl groups excluding tert-OH is 1. The number of aliphatic hydroxyl groups is 1. The van der Waals surface area contributed by atoms with Crippen LogP contribution >= 0.6 is 0 Å². The first-order valence-corrected chi connectivity index (χ1v) is 6.58. The lowest BCUT2D eigenvalue weighted by molar-refractivity contribution is 0.116. The van der Waals surface area contributed by atoms with Crippen LogP contribution in [0.15, 0.2) is 18.2 Å². The molecule has 0 unspecified atom stereocenters. The van der Waals surface area contributed by atoms with E-state index >= 15 is 0 Å². The van der Waals surface area contributed by atoms with Crippen LogP contribution in [0.25, 0.3) is 0 Å². The third-order valence-electron chi connectivity index (χ3n) is 3.84. The lowest BCUT2D eigenvalue weighted by atomic mass is 9.98. The summed E-state index contributed by atoms with van der Waals surface area (Å²) in [6.45, 7) is 7.90. The van der Waals surface area contributed by atoms with Gasteiger partial charge in [0.15, 0.2) is 0 Å². The van der Waals surface area contributed by atoms with Gasteiger partial charge in [0.25, 0.3) is 0 Å². The van der Waals surface area contributed by atoms with Gasteiger partial charge in [0, 0.05) is 19.7 Å². The predicted octanol–water partition coefficient (Wildman–Crippen LogP) is 2.51. The van der Waals surface area contributed by atoms with Crippen molar-refractivity contribution in [1.29, 1.82) is 0 Å². The summed E-state index contributed by atoms with van der Waals surface area (Å²) in [5, 5.41) is 9.23. The third kappa shape index (κ3) is 3.30. The molecular formula is C15H23NO. The minimum atomic E-state index is 0.337. The van der Waals surface area contributed by atoms with Crippen molar-refractivity contribution in [1.82, 2.24) is 4.90 Å². The molecule has 94 valence electrons. The first kappa shape index (κ1) is 12.6. The Hall–Kier alpha value is -0.860. The van der Waals surface area contributed by atoms with Gasteiger partial charge in [-0.3, -0.25) is 4.90 Å². The van der Waals surface area contributed by atoms with Gasteiger partial charge < -0.3 is 5.11 Å². The van der Waals surface area contributed by atoms with E-state index in [0.29, 0.717) is 12.5 Å². The number of benzene rings is 1. The van der Waals surface area contributed by atoms with Crippen LogP contribution in [-0.4, -0.2) is 29.7 Å². The summed E-state index contributed by atoms with van der Waals surface area (Å²) >= 11 is 0. The van der Waals surface area contributed by atoms with Gasteiger partial charge in [-0.15, -0.1) is 0 Å². The summed E-state index contributed by atoms with van der Waals surface area (Å²) in [6.07, 6.45) is 2.40. The molecule has 0 aromatic heterocycles. The standard InChI is InChI=1S/C15H23NO/c1-12-5-6-14(8-13(12)2)9-16-7-3-4-15(10-16)11-17/h5-6,8,15,17H,3-4,7,9-11H2,1-2H3/t15-/m1/s1. The fourth-order valence-electron chi connectivity index (χ4n) is 2.60. The molecule has 1 aromatic rings. The SMILES string of the molecule is Cc1ccc(CN2CCC[C@@H](CO)C2)cc1C. The van der Waals surface area contributed by atoms with Gasteiger partial charge in [-0.1, -0.05) is 18.2 Å². The average molecular weight is 233 g/mol. The highest BCUT2D eigenvalue weighted by molar-refractivity contribution is 5.29. The number of aryl methyl sites for hydroxylation is 2. The molecule has 0 aliphatic carbocycles. The molecule has 0 bridgehead atoms. The molecule has 1 aliphatic heterocycles. The van der Waals surface area contributed by atoms with Gasteiger partial charge in [0.1, 0.15) is 0 Å². The second-order valence-corrected chi connectivity index (χ2v) is 5.34. The van der Waals surface area contributed by atoms with Crippen LogP contribution in [0.3, 0.4) is 0 Å². The van der Waals surface area contributed by atoms with E-state index in [9.17, 15) is 5.11 Å². The Kier molecular flexibility index (Phi) is 4.19. The van der Waals surface area contributed by atoms with Crippen molar-refractivity contribution in [3.8, 4) is 0 Å². The minimum Gasteiger partial charge on any atom is -0.396 e. The zero-order valence-corrected chi connectivity index (χ0v) is 10.9. The smallest absolute Gasteiger partial charge is 0.0471 e. The van der Waals surface area contributed by atoms with Crippen LogP contribution in [-0.2, 0) is 6.54 Å². The van der Waals surface area contributed by atoms with Crippen molar-refractivity contribution >= 4 is 0 Å². The van der Waals surface area contributed by atoms with Gasteiger partial charge in [0.2, 0.25) is 0 Å². The van der Waals surface area contributed by atoms with E-state index in [1.54, 1.807) is 0 Å². The number of piperidine rings is 1. The summed E-state index contributed by atoms with van der Waals surface area (Å²) < 4.78 is 0. The van der Waals surface area contributed by atoms with E-state index in [-0.39, 0.29) is 0 Å². The number of hydrogen-bond donors (Lipinski definition) is 1. The number of nitrogens with zero attached hydrogens (tertiary/aromatic N) is 1. The molecule has 0 saturated carbocycles. The fourth-order valence-corrected chi connectivity index (χ4v) is 2.60. The van der Waals surface area contributed by atoms with E-state index in [2.05, 4.69) is 36.9 Å². The zero-order valence-electron chi connectivity index (χ0n) is 10.9. The van der Waals surface area contributed by atoms with Crippen molar-refractivity contribution in [2.24, 2.45) is 5.92 Å². The Morgan fingerprint density at radius 3 is 2.82 bits per heavy atom. The van der Waals surface area contributed by atoms with Crippen molar-refractivity contribution in [3.63, 3.8) is 0 Å². The topological polar surface area (TPSA) is 23.5 Å². The third-order valence-corrected chi connectivity index (χ3v) is 3.84. The molecule has 1 fully saturated rings. The monoisotopic (exact) mass is 233 g/mol. The Balaban J connectivity index is 1.97. The van der Waals surface area contributed by atoms with E-state index in [1.165, 1.54) is 36.1 Å². The molecule has 1 saturated heterocycles. The van der Waals surface area contributed by atoms with Crippen LogP contribution in [0.1, 0.15) is 29.5 Å². The molecule has 0 spiro atoms. The Bertz CT molecular complexity index is 375. The van der Waals surface area contributed by atoms with Gasteiger partial charge in [-0.25, -0.2) is 0 Å². The molecular weight excluding hydrogens is 210 g/mol. The van der Waals surface area contributed by atoms with Crippen LogP contribution in [0, 0.1) is 19.8 Å². The lowest BCUT2D eigenvalue weighted by Gasteiger charge is -2.31. The Morgan fingerprint density at radius 1 is 1.29 bits per heavy atom. The summed E-state index contributed by atoms with van der Waals surface area (Å²) in [6, 6.07) is 6.72. The van der Waals surface area contributed by atoms with Gasteiger partial charge in [0.05, 0.1) is 0 Å². The van der Waals surface area contributed by atoms with E-state index in [4.69, 9.17) is 0 Å². The maximum atomic E-state index is 9.23. The maximum Gasteiger partial charge on any atom is 0.0471 e. The van der Waals surface area contributed by atoms with E-state index in [1.807, 2.05) is 0 Å².